The van der Waals surface area contributed by atoms with Crippen LogP contribution in [0.3, 0.4) is 0 Å². The summed E-state index contributed by atoms with van der Waals surface area (Å²) >= 11 is 0. The van der Waals surface area contributed by atoms with E-state index >= 15 is 0 Å². The third kappa shape index (κ3) is 3.25. The van der Waals surface area contributed by atoms with E-state index < -0.39 is 0 Å². The first-order valence-corrected chi connectivity index (χ1v) is 7.41. The van der Waals surface area contributed by atoms with Gasteiger partial charge in [0.25, 0.3) is 0 Å². The van der Waals surface area contributed by atoms with Crippen LogP contribution in [-0.4, -0.2) is 0 Å². The predicted molar refractivity (Wildman–Crippen MR) is 93.1 cm³/mol. The van der Waals surface area contributed by atoms with Crippen molar-refractivity contribution in [3.05, 3.63) is 84.6 Å². The van der Waals surface area contributed by atoms with Crippen molar-refractivity contribution in [3.8, 4) is 0 Å². The Bertz CT molecular complexity index is 640. The molecule has 0 saturated heterocycles. The fraction of sp³-hybridized carbons (Fsp3) is 0.200. The maximum Gasteiger partial charge on any atom is 0.0490 e. The summed E-state index contributed by atoms with van der Waals surface area (Å²) in [6, 6.07) is 17.0. The molecule has 0 spiro atoms. The van der Waals surface area contributed by atoms with Crippen molar-refractivity contribution in [2.24, 2.45) is 0 Å². The Kier molecular flexibility index (Phi) is 4.99. The standard InChI is InChI=1S/C20H23N/c1-5-11-17(4)21(19-14-9-7-12-16(19)3)20-15-10-8-13-18(20)6-2/h5,7-10,12-15H,1,4,6,11H2,2-3H3. The minimum atomic E-state index is 0.770. The molecule has 0 saturated carbocycles. The molecule has 1 heteroatoms. The molecule has 108 valence electrons. The smallest absolute Gasteiger partial charge is 0.0490 e. The Morgan fingerprint density at radius 1 is 1.05 bits per heavy atom. The van der Waals surface area contributed by atoms with E-state index in [2.05, 4.69) is 80.4 Å². The number of hydrogen-bond acceptors (Lipinski definition) is 1. The molecule has 1 nitrogen and oxygen atoms in total. The van der Waals surface area contributed by atoms with Crippen LogP contribution in [0.2, 0.25) is 0 Å². The Labute approximate surface area is 128 Å². The molecular weight excluding hydrogens is 254 g/mol. The maximum absolute atomic E-state index is 4.27. The molecule has 0 aliphatic heterocycles. The van der Waals surface area contributed by atoms with Crippen LogP contribution in [0.1, 0.15) is 24.5 Å². The number of hydrogen-bond donors (Lipinski definition) is 0. The van der Waals surface area contributed by atoms with Gasteiger partial charge in [-0.3, -0.25) is 0 Å². The van der Waals surface area contributed by atoms with E-state index in [1.807, 2.05) is 6.08 Å². The van der Waals surface area contributed by atoms with Gasteiger partial charge in [0, 0.05) is 23.5 Å². The summed E-state index contributed by atoms with van der Waals surface area (Å²) in [6.45, 7) is 12.4. The van der Waals surface area contributed by atoms with Crippen LogP contribution >= 0.6 is 0 Å². The van der Waals surface area contributed by atoms with Gasteiger partial charge in [0.2, 0.25) is 0 Å². The average Bonchev–Trinajstić information content (AvgIpc) is 2.50. The molecule has 0 N–H and O–H groups in total. The molecule has 0 unspecified atom stereocenters. The lowest BCUT2D eigenvalue weighted by atomic mass is 10.1. The summed E-state index contributed by atoms with van der Waals surface area (Å²) in [4.78, 5) is 2.26. The number of rotatable bonds is 6. The van der Waals surface area contributed by atoms with E-state index in [1.165, 1.54) is 22.5 Å². The largest absolute Gasteiger partial charge is 0.314 e. The Balaban J connectivity index is 2.59. The fourth-order valence-electron chi connectivity index (χ4n) is 2.57. The Morgan fingerprint density at radius 2 is 1.67 bits per heavy atom. The zero-order chi connectivity index (χ0) is 15.2. The maximum atomic E-state index is 4.27. The minimum Gasteiger partial charge on any atom is -0.314 e. The summed E-state index contributed by atoms with van der Waals surface area (Å²) in [6.07, 6.45) is 3.68. The van der Waals surface area contributed by atoms with Gasteiger partial charge in [-0.25, -0.2) is 0 Å². The van der Waals surface area contributed by atoms with Crippen molar-refractivity contribution in [2.45, 2.75) is 26.7 Å². The number of benzene rings is 2. The number of anilines is 2. The second-order valence-corrected chi connectivity index (χ2v) is 5.16. The lowest BCUT2D eigenvalue weighted by Crippen LogP contribution is -2.17. The minimum absolute atomic E-state index is 0.770. The zero-order valence-electron chi connectivity index (χ0n) is 13.0. The molecule has 2 rings (SSSR count). The number of para-hydroxylation sites is 2. The van der Waals surface area contributed by atoms with Crippen molar-refractivity contribution in [2.75, 3.05) is 4.90 Å². The summed E-state index contributed by atoms with van der Waals surface area (Å²) in [5, 5.41) is 0. The lowest BCUT2D eigenvalue weighted by molar-refractivity contribution is 1.04. The van der Waals surface area contributed by atoms with Crippen LogP contribution in [0.15, 0.2) is 73.5 Å². The first-order chi connectivity index (χ1) is 10.2. The third-order valence-electron chi connectivity index (χ3n) is 3.67. The molecule has 0 radical (unpaired) electrons. The van der Waals surface area contributed by atoms with Crippen molar-refractivity contribution in [3.63, 3.8) is 0 Å². The van der Waals surface area contributed by atoms with Gasteiger partial charge in [-0.15, -0.1) is 6.58 Å². The van der Waals surface area contributed by atoms with E-state index in [0.717, 1.165) is 18.5 Å². The van der Waals surface area contributed by atoms with Gasteiger partial charge in [-0.1, -0.05) is 56.0 Å². The topological polar surface area (TPSA) is 3.24 Å². The number of allylic oxidation sites excluding steroid dienone is 1. The van der Waals surface area contributed by atoms with Crippen LogP contribution in [0.4, 0.5) is 11.4 Å². The molecule has 0 aliphatic rings. The first kappa shape index (κ1) is 15.1. The molecule has 0 fully saturated rings. The van der Waals surface area contributed by atoms with E-state index in [0.29, 0.717) is 0 Å². The van der Waals surface area contributed by atoms with Crippen LogP contribution in [0.25, 0.3) is 0 Å². The van der Waals surface area contributed by atoms with Crippen molar-refractivity contribution in [1.82, 2.24) is 0 Å². The number of aryl methyl sites for hydroxylation is 2. The van der Waals surface area contributed by atoms with Gasteiger partial charge < -0.3 is 4.90 Å². The third-order valence-corrected chi connectivity index (χ3v) is 3.67. The Morgan fingerprint density at radius 3 is 2.29 bits per heavy atom. The van der Waals surface area contributed by atoms with E-state index in [-0.39, 0.29) is 0 Å². The highest BCUT2D eigenvalue weighted by Crippen LogP contribution is 2.35. The average molecular weight is 277 g/mol. The second kappa shape index (κ2) is 6.94. The monoisotopic (exact) mass is 277 g/mol. The molecular formula is C20H23N. The normalized spacial score (nSPS) is 10.2. The van der Waals surface area contributed by atoms with Crippen LogP contribution in [-0.2, 0) is 6.42 Å². The van der Waals surface area contributed by atoms with E-state index in [4.69, 9.17) is 0 Å². The van der Waals surface area contributed by atoms with Crippen molar-refractivity contribution < 1.29 is 0 Å². The molecule has 0 atom stereocenters. The molecule has 2 aromatic rings. The van der Waals surface area contributed by atoms with Crippen LogP contribution in [0, 0.1) is 6.92 Å². The first-order valence-electron chi connectivity index (χ1n) is 7.41. The van der Waals surface area contributed by atoms with Gasteiger partial charge in [0.05, 0.1) is 0 Å². The van der Waals surface area contributed by atoms with Gasteiger partial charge in [0.1, 0.15) is 0 Å². The van der Waals surface area contributed by atoms with Gasteiger partial charge in [0.15, 0.2) is 0 Å². The lowest BCUT2D eigenvalue weighted by Gasteiger charge is -2.30. The van der Waals surface area contributed by atoms with Crippen molar-refractivity contribution >= 4 is 11.4 Å². The van der Waals surface area contributed by atoms with Gasteiger partial charge >= 0.3 is 0 Å². The fourth-order valence-corrected chi connectivity index (χ4v) is 2.57. The molecule has 0 amide bonds. The quantitative estimate of drug-likeness (QED) is 0.604. The Hall–Kier alpha value is -2.28. The summed E-state index contributed by atoms with van der Waals surface area (Å²) in [5.74, 6) is 0. The summed E-state index contributed by atoms with van der Waals surface area (Å²) in [5.41, 5.74) is 6.01. The van der Waals surface area contributed by atoms with Gasteiger partial charge in [-0.2, -0.15) is 0 Å². The number of nitrogens with zero attached hydrogens (tertiary/aromatic N) is 1. The zero-order valence-corrected chi connectivity index (χ0v) is 13.0. The molecule has 2 aromatic carbocycles. The van der Waals surface area contributed by atoms with Crippen molar-refractivity contribution in [1.29, 1.82) is 0 Å². The highest BCUT2D eigenvalue weighted by atomic mass is 15.1. The van der Waals surface area contributed by atoms with Crippen LogP contribution in [0.5, 0.6) is 0 Å². The van der Waals surface area contributed by atoms with E-state index in [1.54, 1.807) is 0 Å². The molecule has 0 aliphatic carbocycles. The summed E-state index contributed by atoms with van der Waals surface area (Å²) < 4.78 is 0. The molecule has 0 aromatic heterocycles. The molecule has 21 heavy (non-hydrogen) atoms. The SMILES string of the molecule is C=CCC(=C)N(c1ccccc1C)c1ccccc1CC. The van der Waals surface area contributed by atoms with Gasteiger partial charge in [-0.05, 0) is 36.6 Å². The molecule has 0 bridgehead atoms. The highest BCUT2D eigenvalue weighted by Gasteiger charge is 2.16. The van der Waals surface area contributed by atoms with E-state index in [9.17, 15) is 0 Å². The molecule has 0 heterocycles. The predicted octanol–water partition coefficient (Wildman–Crippen LogP) is 5.79. The second-order valence-electron chi connectivity index (χ2n) is 5.16. The highest BCUT2D eigenvalue weighted by molar-refractivity contribution is 5.73. The summed E-state index contributed by atoms with van der Waals surface area (Å²) in [7, 11) is 0. The van der Waals surface area contributed by atoms with Crippen LogP contribution < -0.4 is 4.90 Å².